The molecular formula is C20H20N4O3S2. The predicted molar refractivity (Wildman–Crippen MR) is 117 cm³/mol. The first-order valence-corrected chi connectivity index (χ1v) is 11.0. The number of fused-ring (bicyclic) bond motifs is 2. The molecule has 150 valence electrons. The Labute approximate surface area is 174 Å². The summed E-state index contributed by atoms with van der Waals surface area (Å²) in [4.78, 5) is 39.3. The van der Waals surface area contributed by atoms with E-state index in [4.69, 9.17) is 0 Å². The van der Waals surface area contributed by atoms with Crippen LogP contribution in [0.3, 0.4) is 0 Å². The summed E-state index contributed by atoms with van der Waals surface area (Å²) < 4.78 is 1.58. The van der Waals surface area contributed by atoms with Gasteiger partial charge < -0.3 is 10.1 Å². The summed E-state index contributed by atoms with van der Waals surface area (Å²) in [6, 6.07) is 7.21. The number of aromatic nitrogens is 4. The lowest BCUT2D eigenvalue weighted by molar-refractivity contribution is 0.276. The van der Waals surface area contributed by atoms with Crippen LogP contribution in [0.1, 0.15) is 22.7 Å². The van der Waals surface area contributed by atoms with Gasteiger partial charge in [-0.15, -0.1) is 11.3 Å². The predicted octanol–water partition coefficient (Wildman–Crippen LogP) is 2.99. The van der Waals surface area contributed by atoms with Crippen molar-refractivity contribution >= 4 is 44.2 Å². The third kappa shape index (κ3) is 3.73. The first-order valence-electron chi connectivity index (χ1n) is 9.21. The van der Waals surface area contributed by atoms with Gasteiger partial charge in [0.15, 0.2) is 5.16 Å². The largest absolute Gasteiger partial charge is 0.396 e. The highest BCUT2D eigenvalue weighted by Gasteiger charge is 2.14. The van der Waals surface area contributed by atoms with Gasteiger partial charge >= 0.3 is 0 Å². The summed E-state index contributed by atoms with van der Waals surface area (Å²) in [5, 5.41) is 10.9. The standard InChI is InChI=1S/C20H20N4O3S2/c1-11-12(2)29-18-16(11)17(26)22-15(23-18)10-28-20-21-14-7-4-3-6-13(14)19(27)24(20)8-5-9-25/h3-4,6-7,25H,5,8-10H2,1-2H3,(H,22,23,26). The van der Waals surface area contributed by atoms with Gasteiger partial charge in [-0.3, -0.25) is 14.2 Å². The van der Waals surface area contributed by atoms with E-state index in [0.29, 0.717) is 46.0 Å². The zero-order valence-electron chi connectivity index (χ0n) is 16.1. The number of aliphatic hydroxyl groups is 1. The molecule has 0 fully saturated rings. The number of thioether (sulfide) groups is 1. The third-order valence-electron chi connectivity index (χ3n) is 4.79. The first-order chi connectivity index (χ1) is 14.0. The molecule has 0 atom stereocenters. The average Bonchev–Trinajstić information content (AvgIpc) is 3.00. The highest BCUT2D eigenvalue weighted by Crippen LogP contribution is 2.27. The fraction of sp³-hybridized carbons (Fsp3) is 0.300. The number of rotatable bonds is 6. The quantitative estimate of drug-likeness (QED) is 0.362. The van der Waals surface area contributed by atoms with Crippen LogP contribution >= 0.6 is 23.1 Å². The Morgan fingerprint density at radius 3 is 2.79 bits per heavy atom. The summed E-state index contributed by atoms with van der Waals surface area (Å²) in [5.41, 5.74) is 1.32. The number of thiophene rings is 1. The van der Waals surface area contributed by atoms with E-state index < -0.39 is 0 Å². The number of hydrogen-bond donors (Lipinski definition) is 2. The second kappa shape index (κ2) is 8.10. The number of H-pyrrole nitrogens is 1. The van der Waals surface area contributed by atoms with Crippen molar-refractivity contribution in [2.24, 2.45) is 0 Å². The summed E-state index contributed by atoms with van der Waals surface area (Å²) >= 11 is 2.86. The van der Waals surface area contributed by atoms with Crippen molar-refractivity contribution in [1.82, 2.24) is 19.5 Å². The van der Waals surface area contributed by atoms with Crippen LogP contribution in [-0.4, -0.2) is 31.2 Å². The Hall–Kier alpha value is -2.49. The second-order valence-electron chi connectivity index (χ2n) is 6.71. The number of aryl methyl sites for hydroxylation is 2. The van der Waals surface area contributed by atoms with Crippen molar-refractivity contribution < 1.29 is 5.11 Å². The Morgan fingerprint density at radius 2 is 2.00 bits per heavy atom. The summed E-state index contributed by atoms with van der Waals surface area (Å²) in [6.45, 7) is 4.28. The molecule has 4 aromatic rings. The fourth-order valence-electron chi connectivity index (χ4n) is 3.18. The molecule has 0 aliphatic carbocycles. The second-order valence-corrected chi connectivity index (χ2v) is 8.86. The van der Waals surface area contributed by atoms with Crippen LogP contribution in [0.2, 0.25) is 0 Å². The molecule has 4 rings (SSSR count). The molecule has 0 aliphatic heterocycles. The van der Waals surface area contributed by atoms with E-state index in [-0.39, 0.29) is 17.7 Å². The van der Waals surface area contributed by atoms with Crippen molar-refractivity contribution in [2.75, 3.05) is 6.61 Å². The maximum atomic E-state index is 12.9. The van der Waals surface area contributed by atoms with Crippen molar-refractivity contribution in [2.45, 2.75) is 37.7 Å². The van der Waals surface area contributed by atoms with E-state index in [1.54, 1.807) is 16.7 Å². The average molecular weight is 429 g/mol. The van der Waals surface area contributed by atoms with Gasteiger partial charge in [-0.25, -0.2) is 9.97 Å². The van der Waals surface area contributed by atoms with Gasteiger partial charge in [0.05, 0.1) is 22.0 Å². The van der Waals surface area contributed by atoms with Gasteiger partial charge in [0.2, 0.25) is 0 Å². The number of nitrogens with one attached hydrogen (secondary N) is 1. The molecule has 7 nitrogen and oxygen atoms in total. The van der Waals surface area contributed by atoms with E-state index in [9.17, 15) is 14.7 Å². The molecule has 0 spiro atoms. The van der Waals surface area contributed by atoms with Gasteiger partial charge in [0, 0.05) is 18.0 Å². The number of benzene rings is 1. The molecule has 3 aromatic heterocycles. The molecule has 9 heteroatoms. The Balaban J connectivity index is 1.71. The van der Waals surface area contributed by atoms with E-state index in [0.717, 1.165) is 15.3 Å². The molecule has 2 N–H and O–H groups in total. The minimum absolute atomic E-state index is 0.00794. The maximum absolute atomic E-state index is 12.9. The van der Waals surface area contributed by atoms with E-state index >= 15 is 0 Å². The van der Waals surface area contributed by atoms with Crippen LogP contribution in [-0.2, 0) is 12.3 Å². The third-order valence-corrected chi connectivity index (χ3v) is 6.88. The van der Waals surface area contributed by atoms with Crippen LogP contribution in [0.25, 0.3) is 21.1 Å². The lowest BCUT2D eigenvalue weighted by Gasteiger charge is -2.12. The normalized spacial score (nSPS) is 11.6. The van der Waals surface area contributed by atoms with Crippen LogP contribution in [0.4, 0.5) is 0 Å². The van der Waals surface area contributed by atoms with Crippen LogP contribution in [0.5, 0.6) is 0 Å². The van der Waals surface area contributed by atoms with Crippen molar-refractivity contribution in [3.8, 4) is 0 Å². The number of aliphatic hydroxyl groups excluding tert-OH is 1. The molecule has 0 radical (unpaired) electrons. The fourth-order valence-corrected chi connectivity index (χ4v) is 5.13. The summed E-state index contributed by atoms with van der Waals surface area (Å²) in [5.74, 6) is 0.926. The highest BCUT2D eigenvalue weighted by molar-refractivity contribution is 7.98. The number of aromatic amines is 1. The lowest BCUT2D eigenvalue weighted by Crippen LogP contribution is -2.24. The summed E-state index contributed by atoms with van der Waals surface area (Å²) in [6.07, 6.45) is 0.461. The Kier molecular flexibility index (Phi) is 5.53. The summed E-state index contributed by atoms with van der Waals surface area (Å²) in [7, 11) is 0. The van der Waals surface area contributed by atoms with Gasteiger partial charge in [-0.1, -0.05) is 23.9 Å². The van der Waals surface area contributed by atoms with Gasteiger partial charge in [0.1, 0.15) is 10.7 Å². The molecule has 29 heavy (non-hydrogen) atoms. The van der Waals surface area contributed by atoms with Gasteiger partial charge in [-0.05, 0) is 38.0 Å². The van der Waals surface area contributed by atoms with Crippen molar-refractivity contribution in [1.29, 1.82) is 0 Å². The van der Waals surface area contributed by atoms with Crippen molar-refractivity contribution in [3.05, 3.63) is 61.2 Å². The van der Waals surface area contributed by atoms with Crippen LogP contribution in [0.15, 0.2) is 39.0 Å². The minimum Gasteiger partial charge on any atom is -0.396 e. The molecule has 0 saturated heterocycles. The maximum Gasteiger partial charge on any atom is 0.262 e. The SMILES string of the molecule is Cc1sc2nc(CSc3nc4ccccc4c(=O)n3CCCO)[nH]c(=O)c2c1C. The molecule has 0 bridgehead atoms. The molecule has 0 amide bonds. The monoisotopic (exact) mass is 428 g/mol. The number of nitrogens with zero attached hydrogens (tertiary/aromatic N) is 3. The van der Waals surface area contributed by atoms with Gasteiger partial charge in [-0.2, -0.15) is 0 Å². The molecular weight excluding hydrogens is 408 g/mol. The minimum atomic E-state index is -0.142. The Morgan fingerprint density at radius 1 is 1.21 bits per heavy atom. The molecule has 0 aliphatic rings. The number of para-hydroxylation sites is 1. The number of hydrogen-bond acceptors (Lipinski definition) is 7. The zero-order valence-corrected chi connectivity index (χ0v) is 17.7. The smallest absolute Gasteiger partial charge is 0.262 e. The molecule has 0 unspecified atom stereocenters. The van der Waals surface area contributed by atoms with Crippen molar-refractivity contribution in [3.63, 3.8) is 0 Å². The highest BCUT2D eigenvalue weighted by atomic mass is 32.2. The topological polar surface area (TPSA) is 101 Å². The van der Waals surface area contributed by atoms with E-state index in [1.807, 2.05) is 26.0 Å². The first kappa shape index (κ1) is 19.8. The molecule has 1 aromatic carbocycles. The molecule has 0 saturated carbocycles. The lowest BCUT2D eigenvalue weighted by atomic mass is 10.2. The van der Waals surface area contributed by atoms with E-state index in [1.165, 1.54) is 23.1 Å². The van der Waals surface area contributed by atoms with Gasteiger partial charge in [0.25, 0.3) is 11.1 Å². The van der Waals surface area contributed by atoms with E-state index in [2.05, 4.69) is 15.0 Å². The zero-order chi connectivity index (χ0) is 20.5. The molecule has 3 heterocycles. The Bertz CT molecular complexity index is 1320. The van der Waals surface area contributed by atoms with Crippen LogP contribution in [0, 0.1) is 13.8 Å². The van der Waals surface area contributed by atoms with Crippen LogP contribution < -0.4 is 11.1 Å².